The van der Waals surface area contributed by atoms with E-state index < -0.39 is 0 Å². The van der Waals surface area contributed by atoms with Gasteiger partial charge in [-0.1, -0.05) is 32.4 Å². The molecule has 0 spiro atoms. The molecule has 0 bridgehead atoms. The van der Waals surface area contributed by atoms with E-state index in [1.165, 1.54) is 0 Å². The van der Waals surface area contributed by atoms with Crippen LogP contribution in [0.4, 0.5) is 5.82 Å². The molecule has 0 radical (unpaired) electrons. The molecule has 1 heterocycles. The van der Waals surface area contributed by atoms with Crippen molar-refractivity contribution in [2.45, 2.75) is 66.6 Å². The molecule has 0 aliphatic rings. The van der Waals surface area contributed by atoms with E-state index in [2.05, 4.69) is 76.8 Å². The average molecular weight is 312 g/mol. The summed E-state index contributed by atoms with van der Waals surface area (Å²) in [5.41, 5.74) is 1.35. The van der Waals surface area contributed by atoms with Crippen LogP contribution in [0.3, 0.4) is 0 Å². The number of halogens is 1. The van der Waals surface area contributed by atoms with Gasteiger partial charge in [-0.05, 0) is 44.7 Å². The van der Waals surface area contributed by atoms with E-state index in [9.17, 15) is 0 Å². The van der Waals surface area contributed by atoms with Crippen molar-refractivity contribution in [1.82, 2.24) is 10.3 Å². The van der Waals surface area contributed by atoms with Gasteiger partial charge in [-0.15, -0.1) is 0 Å². The number of nitrogens with one attached hydrogen (secondary N) is 1. The number of hydrogen-bond donors (Lipinski definition) is 1. The van der Waals surface area contributed by atoms with Crippen molar-refractivity contribution in [2.24, 2.45) is 5.41 Å². The first-order chi connectivity index (χ1) is 9.42. The SMILES string of the molecule is CC(N(C)c1cc(CNC(C)(C)C)c(Cl)cn1)C(C)(C)C. The van der Waals surface area contributed by atoms with Crippen LogP contribution in [-0.4, -0.2) is 23.6 Å². The molecule has 0 aliphatic heterocycles. The molecular weight excluding hydrogens is 282 g/mol. The normalized spacial score (nSPS) is 14.1. The molecule has 4 heteroatoms. The third-order valence-electron chi connectivity index (χ3n) is 3.93. The van der Waals surface area contributed by atoms with Gasteiger partial charge in [0.15, 0.2) is 0 Å². The van der Waals surface area contributed by atoms with Crippen LogP contribution in [0.25, 0.3) is 0 Å². The van der Waals surface area contributed by atoms with Crippen molar-refractivity contribution in [3.63, 3.8) is 0 Å². The number of nitrogens with zero attached hydrogens (tertiary/aromatic N) is 2. The van der Waals surface area contributed by atoms with Crippen molar-refractivity contribution in [3.8, 4) is 0 Å². The van der Waals surface area contributed by atoms with Crippen LogP contribution >= 0.6 is 11.6 Å². The van der Waals surface area contributed by atoms with E-state index in [1.807, 2.05) is 0 Å². The number of anilines is 1. The molecule has 1 rings (SSSR count). The molecule has 3 nitrogen and oxygen atoms in total. The highest BCUT2D eigenvalue weighted by molar-refractivity contribution is 6.31. The number of rotatable bonds is 4. The Bertz CT molecular complexity index is 472. The molecule has 0 saturated heterocycles. The van der Waals surface area contributed by atoms with Crippen LogP contribution < -0.4 is 10.2 Å². The van der Waals surface area contributed by atoms with Crippen LogP contribution in [0.1, 0.15) is 54.0 Å². The van der Waals surface area contributed by atoms with Crippen LogP contribution in [0, 0.1) is 5.41 Å². The molecule has 21 heavy (non-hydrogen) atoms. The van der Waals surface area contributed by atoms with Crippen molar-refractivity contribution in [1.29, 1.82) is 0 Å². The summed E-state index contributed by atoms with van der Waals surface area (Å²) in [5, 5.41) is 4.19. The first kappa shape index (κ1) is 18.2. The number of aromatic nitrogens is 1. The second kappa shape index (κ2) is 6.53. The Morgan fingerprint density at radius 1 is 1.24 bits per heavy atom. The van der Waals surface area contributed by atoms with Gasteiger partial charge in [0, 0.05) is 31.4 Å². The van der Waals surface area contributed by atoms with Crippen LogP contribution in [0.15, 0.2) is 12.3 Å². The maximum Gasteiger partial charge on any atom is 0.128 e. The van der Waals surface area contributed by atoms with Crippen molar-refractivity contribution in [2.75, 3.05) is 11.9 Å². The van der Waals surface area contributed by atoms with Gasteiger partial charge >= 0.3 is 0 Å². The van der Waals surface area contributed by atoms with E-state index in [0.717, 1.165) is 17.9 Å². The molecule has 1 aromatic rings. The second-order valence-corrected chi connectivity index (χ2v) is 8.30. The largest absolute Gasteiger partial charge is 0.356 e. The zero-order chi connectivity index (χ0) is 16.4. The standard InChI is InChI=1S/C17H30ClN3/c1-12(16(2,3)4)21(8)15-9-13(14(18)11-19-15)10-20-17(5,6)7/h9,11-12,20H,10H2,1-8H3. The van der Waals surface area contributed by atoms with E-state index in [4.69, 9.17) is 11.6 Å². The van der Waals surface area contributed by atoms with Gasteiger partial charge in [-0.2, -0.15) is 0 Å². The summed E-state index contributed by atoms with van der Waals surface area (Å²) in [7, 11) is 2.09. The van der Waals surface area contributed by atoms with Crippen molar-refractivity contribution in [3.05, 3.63) is 22.8 Å². The zero-order valence-corrected chi connectivity index (χ0v) is 15.5. The van der Waals surface area contributed by atoms with Gasteiger partial charge in [0.25, 0.3) is 0 Å². The highest BCUT2D eigenvalue weighted by atomic mass is 35.5. The lowest BCUT2D eigenvalue weighted by Gasteiger charge is -2.36. The Hall–Kier alpha value is -0.800. The molecule has 0 fully saturated rings. The quantitative estimate of drug-likeness (QED) is 0.887. The average Bonchev–Trinajstić information content (AvgIpc) is 2.34. The van der Waals surface area contributed by atoms with Gasteiger partial charge in [0.05, 0.1) is 5.02 Å². The lowest BCUT2D eigenvalue weighted by molar-refractivity contribution is 0.328. The summed E-state index contributed by atoms with van der Waals surface area (Å²) in [5.74, 6) is 0.965. The lowest BCUT2D eigenvalue weighted by atomic mass is 9.87. The summed E-state index contributed by atoms with van der Waals surface area (Å²) >= 11 is 6.28. The highest BCUT2D eigenvalue weighted by Crippen LogP contribution is 2.28. The van der Waals surface area contributed by atoms with Crippen LogP contribution in [0.5, 0.6) is 0 Å². The summed E-state index contributed by atoms with van der Waals surface area (Å²) in [4.78, 5) is 6.70. The van der Waals surface area contributed by atoms with Crippen molar-refractivity contribution < 1.29 is 0 Å². The Labute approximate surface area is 135 Å². The third-order valence-corrected chi connectivity index (χ3v) is 4.27. The highest BCUT2D eigenvalue weighted by Gasteiger charge is 2.25. The van der Waals surface area contributed by atoms with Gasteiger partial charge < -0.3 is 10.2 Å². The van der Waals surface area contributed by atoms with Gasteiger partial charge in [-0.3, -0.25) is 0 Å². The molecule has 1 aromatic heterocycles. The second-order valence-electron chi connectivity index (χ2n) is 7.89. The maximum absolute atomic E-state index is 6.28. The molecule has 0 saturated carbocycles. The Balaban J connectivity index is 2.96. The fourth-order valence-electron chi connectivity index (χ4n) is 1.94. The molecule has 0 aromatic carbocycles. The molecule has 0 aliphatic carbocycles. The van der Waals surface area contributed by atoms with Gasteiger partial charge in [0.2, 0.25) is 0 Å². The van der Waals surface area contributed by atoms with Crippen LogP contribution in [0.2, 0.25) is 5.02 Å². The lowest BCUT2D eigenvalue weighted by Crippen LogP contribution is -2.40. The first-order valence-corrected chi connectivity index (χ1v) is 7.92. The molecule has 1 atom stereocenters. The molecular formula is C17H30ClN3. The minimum Gasteiger partial charge on any atom is -0.356 e. The van der Waals surface area contributed by atoms with Crippen LogP contribution in [-0.2, 0) is 6.54 Å². The molecule has 120 valence electrons. The Kier molecular flexibility index (Phi) is 5.68. The molecule has 0 amide bonds. The first-order valence-electron chi connectivity index (χ1n) is 7.54. The summed E-state index contributed by atoms with van der Waals surface area (Å²) in [6.45, 7) is 16.1. The summed E-state index contributed by atoms with van der Waals surface area (Å²) in [6.07, 6.45) is 1.75. The van der Waals surface area contributed by atoms with Gasteiger partial charge in [-0.25, -0.2) is 4.98 Å². The Morgan fingerprint density at radius 3 is 2.29 bits per heavy atom. The maximum atomic E-state index is 6.28. The minimum absolute atomic E-state index is 0.0668. The summed E-state index contributed by atoms with van der Waals surface area (Å²) < 4.78 is 0. The van der Waals surface area contributed by atoms with E-state index in [1.54, 1.807) is 6.20 Å². The van der Waals surface area contributed by atoms with E-state index in [0.29, 0.717) is 11.1 Å². The predicted molar refractivity (Wildman–Crippen MR) is 93.2 cm³/mol. The van der Waals surface area contributed by atoms with Crippen molar-refractivity contribution >= 4 is 17.4 Å². The Morgan fingerprint density at radius 2 is 1.81 bits per heavy atom. The van der Waals surface area contributed by atoms with Gasteiger partial charge in [0.1, 0.15) is 5.82 Å². The predicted octanol–water partition coefficient (Wildman–Crippen LogP) is 4.49. The molecule has 1 N–H and O–H groups in total. The smallest absolute Gasteiger partial charge is 0.128 e. The number of hydrogen-bond acceptors (Lipinski definition) is 3. The molecule has 1 unspecified atom stereocenters. The zero-order valence-electron chi connectivity index (χ0n) is 14.7. The topological polar surface area (TPSA) is 28.2 Å². The fraction of sp³-hybridized carbons (Fsp3) is 0.706. The monoisotopic (exact) mass is 311 g/mol. The minimum atomic E-state index is 0.0668. The van der Waals surface area contributed by atoms with E-state index in [-0.39, 0.29) is 11.0 Å². The summed E-state index contributed by atoms with van der Waals surface area (Å²) in [6, 6.07) is 2.47. The fourth-order valence-corrected chi connectivity index (χ4v) is 2.11. The third kappa shape index (κ3) is 5.48. The van der Waals surface area contributed by atoms with E-state index >= 15 is 0 Å². The number of pyridine rings is 1.